The number of amides is 1. The molecule has 6 nitrogen and oxygen atoms in total. The van der Waals surface area contributed by atoms with Gasteiger partial charge in [0.1, 0.15) is 18.7 Å². The number of carbonyl (C=O) groups excluding carboxylic acids is 1. The average Bonchev–Trinajstić information content (AvgIpc) is 3.54. The number of halogens is 1. The number of hydrogen-bond donors (Lipinski definition) is 1. The van der Waals surface area contributed by atoms with E-state index in [4.69, 9.17) is 16.3 Å². The van der Waals surface area contributed by atoms with E-state index in [-0.39, 0.29) is 11.9 Å². The Balaban J connectivity index is 1.17. The Morgan fingerprint density at radius 3 is 2.94 bits per heavy atom. The van der Waals surface area contributed by atoms with Crippen LogP contribution in [0.15, 0.2) is 60.2 Å². The molecular weight excluding hydrogens is 444 g/mol. The molecule has 162 valence electrons. The summed E-state index contributed by atoms with van der Waals surface area (Å²) in [4.78, 5) is 17.4. The van der Waals surface area contributed by atoms with E-state index < -0.39 is 0 Å². The van der Waals surface area contributed by atoms with Gasteiger partial charge in [-0.15, -0.1) is 16.4 Å². The van der Waals surface area contributed by atoms with Crippen molar-refractivity contribution in [1.82, 2.24) is 14.8 Å². The molecule has 8 heteroatoms. The zero-order valence-corrected chi connectivity index (χ0v) is 18.8. The first-order chi connectivity index (χ1) is 15.6. The number of aryl methyl sites for hydroxylation is 2. The summed E-state index contributed by atoms with van der Waals surface area (Å²) in [6, 6.07) is 15.7. The normalized spacial score (nSPS) is 12.5. The minimum absolute atomic E-state index is 0.241. The second kappa shape index (κ2) is 9.14. The van der Waals surface area contributed by atoms with Gasteiger partial charge in [0.25, 0.3) is 5.91 Å². The lowest BCUT2D eigenvalue weighted by Gasteiger charge is -2.07. The van der Waals surface area contributed by atoms with E-state index in [2.05, 4.69) is 27.5 Å². The highest BCUT2D eigenvalue weighted by Crippen LogP contribution is 2.27. The summed E-state index contributed by atoms with van der Waals surface area (Å²) >= 11 is 7.57. The van der Waals surface area contributed by atoms with Crippen molar-refractivity contribution in [3.05, 3.63) is 92.4 Å². The Hall–Kier alpha value is -3.16. The van der Waals surface area contributed by atoms with E-state index in [9.17, 15) is 4.79 Å². The van der Waals surface area contributed by atoms with Gasteiger partial charge >= 0.3 is 0 Å². The van der Waals surface area contributed by atoms with Gasteiger partial charge in [0.2, 0.25) is 5.95 Å². The summed E-state index contributed by atoms with van der Waals surface area (Å²) in [6.45, 7) is 0.902. The van der Waals surface area contributed by atoms with Crippen molar-refractivity contribution < 1.29 is 9.53 Å². The molecule has 1 aliphatic carbocycles. The molecule has 2 aromatic carbocycles. The molecule has 0 bridgehead atoms. The van der Waals surface area contributed by atoms with Crippen LogP contribution in [-0.2, 0) is 26.0 Å². The third-order valence-corrected chi connectivity index (χ3v) is 6.75. The van der Waals surface area contributed by atoms with Crippen LogP contribution in [0.3, 0.4) is 0 Å². The van der Waals surface area contributed by atoms with E-state index in [0.29, 0.717) is 23.1 Å². The quantitative estimate of drug-likeness (QED) is 0.399. The standard InChI is InChI=1S/C24H21ClN4O2S/c25-21-7-2-1-4-19(21)12-29-15-26-24(28-29)27-23(30)22-10-16(14-32-22)13-31-20-9-8-17-5-3-6-18(17)11-20/h1-2,4,7-11,14-15H,3,5-6,12-13H2,(H,27,28,30). The maximum absolute atomic E-state index is 12.6. The summed E-state index contributed by atoms with van der Waals surface area (Å²) in [5, 5.41) is 9.67. The van der Waals surface area contributed by atoms with Crippen LogP contribution in [0.25, 0.3) is 0 Å². The predicted molar refractivity (Wildman–Crippen MR) is 126 cm³/mol. The minimum atomic E-state index is -0.241. The number of ether oxygens (including phenoxy) is 1. The first kappa shape index (κ1) is 20.7. The largest absolute Gasteiger partial charge is 0.489 e. The number of benzene rings is 2. The van der Waals surface area contributed by atoms with Gasteiger partial charge in [0.05, 0.1) is 11.4 Å². The molecule has 4 aromatic rings. The van der Waals surface area contributed by atoms with Crippen LogP contribution in [0, 0.1) is 0 Å². The molecule has 32 heavy (non-hydrogen) atoms. The molecule has 0 atom stereocenters. The van der Waals surface area contributed by atoms with E-state index in [0.717, 1.165) is 29.7 Å². The van der Waals surface area contributed by atoms with Gasteiger partial charge in [-0.3, -0.25) is 10.1 Å². The van der Waals surface area contributed by atoms with Crippen molar-refractivity contribution in [3.63, 3.8) is 0 Å². The topological polar surface area (TPSA) is 69.0 Å². The molecule has 2 aromatic heterocycles. The predicted octanol–water partition coefficient (Wildman–Crippen LogP) is 5.36. The van der Waals surface area contributed by atoms with Gasteiger partial charge in [0.15, 0.2) is 0 Å². The van der Waals surface area contributed by atoms with E-state index >= 15 is 0 Å². The van der Waals surface area contributed by atoms with Crippen LogP contribution < -0.4 is 10.1 Å². The van der Waals surface area contributed by atoms with Crippen LogP contribution in [0.1, 0.15) is 38.3 Å². The van der Waals surface area contributed by atoms with E-state index in [1.807, 2.05) is 41.8 Å². The molecule has 5 rings (SSSR count). The van der Waals surface area contributed by atoms with E-state index in [1.165, 1.54) is 28.9 Å². The van der Waals surface area contributed by atoms with Gasteiger partial charge < -0.3 is 4.74 Å². The number of hydrogen-bond acceptors (Lipinski definition) is 5. The number of aromatic nitrogens is 3. The van der Waals surface area contributed by atoms with Crippen molar-refractivity contribution in [3.8, 4) is 5.75 Å². The Morgan fingerprint density at radius 1 is 1.16 bits per heavy atom. The third kappa shape index (κ3) is 4.69. The maximum atomic E-state index is 12.6. The van der Waals surface area contributed by atoms with Crippen LogP contribution in [0.5, 0.6) is 5.75 Å². The van der Waals surface area contributed by atoms with Gasteiger partial charge in [-0.2, -0.15) is 0 Å². The zero-order valence-electron chi connectivity index (χ0n) is 17.3. The number of nitrogens with one attached hydrogen (secondary N) is 1. The summed E-state index contributed by atoms with van der Waals surface area (Å²) in [6.07, 6.45) is 5.07. The van der Waals surface area contributed by atoms with Gasteiger partial charge in [-0.05, 0) is 65.6 Å². The lowest BCUT2D eigenvalue weighted by atomic mass is 10.1. The molecule has 1 aliphatic rings. The summed E-state index contributed by atoms with van der Waals surface area (Å²) in [5.74, 6) is 0.886. The Morgan fingerprint density at radius 2 is 2.03 bits per heavy atom. The monoisotopic (exact) mass is 464 g/mol. The third-order valence-electron chi connectivity index (χ3n) is 5.41. The van der Waals surface area contributed by atoms with Crippen molar-refractivity contribution >= 4 is 34.8 Å². The van der Waals surface area contributed by atoms with Crippen LogP contribution >= 0.6 is 22.9 Å². The smallest absolute Gasteiger partial charge is 0.268 e. The summed E-state index contributed by atoms with van der Waals surface area (Å²) in [7, 11) is 0. The van der Waals surface area contributed by atoms with E-state index in [1.54, 1.807) is 11.0 Å². The van der Waals surface area contributed by atoms with Crippen molar-refractivity contribution in [2.75, 3.05) is 5.32 Å². The average molecular weight is 465 g/mol. The van der Waals surface area contributed by atoms with Crippen molar-refractivity contribution in [2.24, 2.45) is 0 Å². The first-order valence-electron chi connectivity index (χ1n) is 10.4. The van der Waals surface area contributed by atoms with Gasteiger partial charge in [-0.1, -0.05) is 35.9 Å². The molecule has 2 heterocycles. The Kier molecular flexibility index (Phi) is 5.92. The second-order valence-electron chi connectivity index (χ2n) is 7.70. The van der Waals surface area contributed by atoms with Gasteiger partial charge in [-0.25, -0.2) is 9.67 Å². The molecule has 0 aliphatic heterocycles. The summed E-state index contributed by atoms with van der Waals surface area (Å²) in [5.41, 5.74) is 4.70. The molecular formula is C24H21ClN4O2S. The molecule has 0 spiro atoms. The fraction of sp³-hybridized carbons (Fsp3) is 0.208. The molecule has 1 amide bonds. The Labute approximate surface area is 194 Å². The fourth-order valence-electron chi connectivity index (χ4n) is 3.77. The number of rotatable bonds is 7. The molecule has 1 N–H and O–H groups in total. The minimum Gasteiger partial charge on any atom is -0.489 e. The Bertz CT molecular complexity index is 1270. The lowest BCUT2D eigenvalue weighted by molar-refractivity contribution is 0.102. The first-order valence-corrected chi connectivity index (χ1v) is 11.7. The molecule has 0 unspecified atom stereocenters. The molecule has 0 fully saturated rings. The summed E-state index contributed by atoms with van der Waals surface area (Å²) < 4.78 is 7.57. The molecule has 0 saturated heterocycles. The zero-order chi connectivity index (χ0) is 21.9. The van der Waals surface area contributed by atoms with Crippen LogP contribution in [0.2, 0.25) is 5.02 Å². The number of thiophene rings is 1. The maximum Gasteiger partial charge on any atom is 0.268 e. The highest BCUT2D eigenvalue weighted by molar-refractivity contribution is 7.12. The van der Waals surface area contributed by atoms with Crippen LogP contribution in [-0.4, -0.2) is 20.7 Å². The van der Waals surface area contributed by atoms with Crippen molar-refractivity contribution in [2.45, 2.75) is 32.4 Å². The van der Waals surface area contributed by atoms with Crippen molar-refractivity contribution in [1.29, 1.82) is 0 Å². The van der Waals surface area contributed by atoms with Crippen LogP contribution in [0.4, 0.5) is 5.95 Å². The highest BCUT2D eigenvalue weighted by Gasteiger charge is 2.14. The second-order valence-corrected chi connectivity index (χ2v) is 9.02. The number of anilines is 1. The molecule has 0 saturated carbocycles. The molecule has 0 radical (unpaired) electrons. The number of carbonyl (C=O) groups is 1. The number of fused-ring (bicyclic) bond motifs is 1. The van der Waals surface area contributed by atoms with Gasteiger partial charge in [0, 0.05) is 10.6 Å². The SMILES string of the molecule is O=C(Nc1ncn(Cc2ccccc2Cl)n1)c1cc(COc2ccc3c(c2)CCC3)cs1. The fourth-order valence-corrected chi connectivity index (χ4v) is 4.75. The lowest BCUT2D eigenvalue weighted by Crippen LogP contribution is -2.12. The number of nitrogens with zero attached hydrogens (tertiary/aromatic N) is 3. The highest BCUT2D eigenvalue weighted by atomic mass is 35.5.